The van der Waals surface area contributed by atoms with Crippen molar-refractivity contribution in [2.45, 2.75) is 52.1 Å². The Labute approximate surface area is 163 Å². The molecule has 0 aliphatic heterocycles. The Kier molecular flexibility index (Phi) is 6.17. The first-order valence-electron chi connectivity index (χ1n) is 9.91. The quantitative estimate of drug-likeness (QED) is 0.341. The van der Waals surface area contributed by atoms with E-state index in [2.05, 4.69) is 19.1 Å². The first kappa shape index (κ1) is 20.9. The lowest BCUT2D eigenvalue weighted by molar-refractivity contribution is -0.0696. The summed E-state index contributed by atoms with van der Waals surface area (Å²) in [5.74, 6) is 0.808. The standard InChI is InChI=1S/C23H25F5/c1-14-3-5-16(6-4-14)17-7-9-18(10-8-17)20-13-21(24)19(22(25)15(20)2)11-12-23(26,27)28/h7-9,13-16,18,20H,3-6,10H2,1-2H3. The van der Waals surface area contributed by atoms with Gasteiger partial charge in [-0.3, -0.25) is 0 Å². The van der Waals surface area contributed by atoms with Crippen LogP contribution >= 0.6 is 0 Å². The van der Waals surface area contributed by atoms with E-state index in [0.717, 1.165) is 11.8 Å². The Hall–Kier alpha value is -1.83. The zero-order valence-electron chi connectivity index (χ0n) is 16.1. The number of alkyl halides is 3. The smallest absolute Gasteiger partial charge is 0.210 e. The summed E-state index contributed by atoms with van der Waals surface area (Å²) in [5, 5.41) is 0. The Morgan fingerprint density at radius 2 is 1.71 bits per heavy atom. The number of allylic oxidation sites excluding steroid dienone is 8. The van der Waals surface area contributed by atoms with Crippen molar-refractivity contribution in [1.29, 1.82) is 0 Å². The van der Waals surface area contributed by atoms with E-state index in [9.17, 15) is 22.0 Å². The third kappa shape index (κ3) is 4.77. The Morgan fingerprint density at radius 1 is 1.04 bits per heavy atom. The summed E-state index contributed by atoms with van der Waals surface area (Å²) in [6.07, 6.45) is 8.21. The van der Waals surface area contributed by atoms with Crippen molar-refractivity contribution < 1.29 is 22.0 Å². The van der Waals surface area contributed by atoms with Crippen LogP contribution in [-0.4, -0.2) is 6.18 Å². The highest BCUT2D eigenvalue weighted by atomic mass is 19.4. The molecule has 0 amide bonds. The first-order chi connectivity index (χ1) is 13.2. The van der Waals surface area contributed by atoms with Crippen LogP contribution in [0.2, 0.25) is 0 Å². The summed E-state index contributed by atoms with van der Waals surface area (Å²) in [7, 11) is 0. The molecule has 3 aliphatic carbocycles. The van der Waals surface area contributed by atoms with Crippen LogP contribution < -0.4 is 0 Å². The molecule has 0 spiro atoms. The third-order valence-corrected chi connectivity index (χ3v) is 6.27. The summed E-state index contributed by atoms with van der Waals surface area (Å²) in [5.41, 5.74) is 0.539. The summed E-state index contributed by atoms with van der Waals surface area (Å²) in [4.78, 5) is 0. The van der Waals surface area contributed by atoms with Gasteiger partial charge in [-0.25, -0.2) is 8.78 Å². The molecule has 0 N–H and O–H groups in total. The Morgan fingerprint density at radius 3 is 2.29 bits per heavy atom. The second-order valence-corrected chi connectivity index (χ2v) is 8.27. The van der Waals surface area contributed by atoms with Gasteiger partial charge in [0.1, 0.15) is 11.7 Å². The maximum Gasteiger partial charge on any atom is 0.458 e. The Balaban J connectivity index is 1.70. The number of hydrogen-bond donors (Lipinski definition) is 0. The fraction of sp³-hybridized carbons (Fsp3) is 0.565. The lowest BCUT2D eigenvalue weighted by Gasteiger charge is -2.33. The first-order valence-corrected chi connectivity index (χ1v) is 9.91. The van der Waals surface area contributed by atoms with Gasteiger partial charge in [0.05, 0.1) is 5.57 Å². The molecule has 3 atom stereocenters. The molecule has 152 valence electrons. The fourth-order valence-electron chi connectivity index (χ4n) is 4.49. The maximum absolute atomic E-state index is 14.6. The number of hydrogen-bond acceptors (Lipinski definition) is 0. The monoisotopic (exact) mass is 396 g/mol. The Bertz CT molecular complexity index is 776. The number of halogens is 5. The van der Waals surface area contributed by atoms with Crippen LogP contribution in [-0.2, 0) is 0 Å². The molecule has 0 bridgehead atoms. The zero-order chi connectivity index (χ0) is 20.5. The highest BCUT2D eigenvalue weighted by Crippen LogP contribution is 2.43. The van der Waals surface area contributed by atoms with Crippen molar-refractivity contribution in [3.05, 3.63) is 47.1 Å². The van der Waals surface area contributed by atoms with Gasteiger partial charge in [-0.05, 0) is 54.6 Å². The van der Waals surface area contributed by atoms with Crippen LogP contribution in [0.5, 0.6) is 0 Å². The van der Waals surface area contributed by atoms with Gasteiger partial charge in [0.15, 0.2) is 0 Å². The predicted octanol–water partition coefficient (Wildman–Crippen LogP) is 7.22. The zero-order valence-corrected chi connectivity index (χ0v) is 16.1. The van der Waals surface area contributed by atoms with Gasteiger partial charge < -0.3 is 0 Å². The molecule has 0 heterocycles. The molecule has 0 aromatic heterocycles. The molecule has 0 nitrogen and oxygen atoms in total. The van der Waals surface area contributed by atoms with Gasteiger partial charge in [-0.1, -0.05) is 50.8 Å². The van der Waals surface area contributed by atoms with Crippen LogP contribution in [0.3, 0.4) is 0 Å². The number of rotatable bonds is 2. The molecule has 3 rings (SSSR count). The van der Waals surface area contributed by atoms with E-state index >= 15 is 0 Å². The minimum Gasteiger partial charge on any atom is -0.210 e. The van der Waals surface area contributed by atoms with Gasteiger partial charge in [0.25, 0.3) is 0 Å². The van der Waals surface area contributed by atoms with Crippen LogP contribution in [0.4, 0.5) is 22.0 Å². The topological polar surface area (TPSA) is 0 Å². The van der Waals surface area contributed by atoms with Crippen molar-refractivity contribution in [2.24, 2.45) is 29.6 Å². The van der Waals surface area contributed by atoms with Crippen LogP contribution in [0.1, 0.15) is 46.0 Å². The van der Waals surface area contributed by atoms with E-state index in [1.54, 1.807) is 12.8 Å². The molecule has 3 aliphatic rings. The van der Waals surface area contributed by atoms with Crippen molar-refractivity contribution >= 4 is 0 Å². The normalized spacial score (nSPS) is 33.8. The molecule has 3 unspecified atom stereocenters. The SMILES string of the molecule is CC1CCC(C2=CCC(C3C=C(F)C(C#CC(F)(F)F)=C(F)C3C)C=C2)CC1. The van der Waals surface area contributed by atoms with Gasteiger partial charge in [0, 0.05) is 11.8 Å². The van der Waals surface area contributed by atoms with Crippen molar-refractivity contribution in [3.8, 4) is 11.8 Å². The van der Waals surface area contributed by atoms with Crippen molar-refractivity contribution in [3.63, 3.8) is 0 Å². The summed E-state index contributed by atoms with van der Waals surface area (Å²) < 4.78 is 65.7. The minimum atomic E-state index is -4.78. The van der Waals surface area contributed by atoms with E-state index in [-0.39, 0.29) is 5.92 Å². The van der Waals surface area contributed by atoms with Gasteiger partial charge in [0.2, 0.25) is 0 Å². The van der Waals surface area contributed by atoms with E-state index in [1.165, 1.54) is 37.3 Å². The minimum absolute atomic E-state index is 0.0742. The van der Waals surface area contributed by atoms with Crippen LogP contribution in [0.15, 0.2) is 47.1 Å². The fourth-order valence-corrected chi connectivity index (χ4v) is 4.49. The maximum atomic E-state index is 14.6. The van der Waals surface area contributed by atoms with E-state index in [4.69, 9.17) is 0 Å². The van der Waals surface area contributed by atoms with Crippen molar-refractivity contribution in [2.75, 3.05) is 0 Å². The average Bonchev–Trinajstić information content (AvgIpc) is 2.64. The van der Waals surface area contributed by atoms with Crippen LogP contribution in [0, 0.1) is 41.4 Å². The molecule has 5 heteroatoms. The molecular formula is C23H25F5. The lowest BCUT2D eigenvalue weighted by Crippen LogP contribution is -2.25. The molecule has 0 radical (unpaired) electrons. The second-order valence-electron chi connectivity index (χ2n) is 8.27. The lowest BCUT2D eigenvalue weighted by atomic mass is 9.72. The molecule has 0 aromatic carbocycles. The van der Waals surface area contributed by atoms with E-state index in [1.807, 2.05) is 6.08 Å². The molecule has 0 saturated heterocycles. The molecular weight excluding hydrogens is 371 g/mol. The average molecular weight is 396 g/mol. The second kappa shape index (κ2) is 8.27. The van der Waals surface area contributed by atoms with Gasteiger partial charge >= 0.3 is 6.18 Å². The highest BCUT2D eigenvalue weighted by Gasteiger charge is 2.35. The third-order valence-electron chi connectivity index (χ3n) is 6.27. The highest BCUT2D eigenvalue weighted by molar-refractivity contribution is 5.48. The van der Waals surface area contributed by atoms with Crippen molar-refractivity contribution in [1.82, 2.24) is 0 Å². The molecule has 0 aromatic rings. The van der Waals surface area contributed by atoms with Gasteiger partial charge in [-0.2, -0.15) is 13.2 Å². The summed E-state index contributed by atoms with van der Waals surface area (Å²) >= 11 is 0. The summed E-state index contributed by atoms with van der Waals surface area (Å²) in [6, 6.07) is 0. The molecule has 28 heavy (non-hydrogen) atoms. The van der Waals surface area contributed by atoms with E-state index < -0.39 is 35.2 Å². The molecule has 1 saturated carbocycles. The molecule has 1 fully saturated rings. The van der Waals surface area contributed by atoms with Crippen LogP contribution in [0.25, 0.3) is 0 Å². The summed E-state index contributed by atoms with van der Waals surface area (Å²) in [6.45, 7) is 3.85. The largest absolute Gasteiger partial charge is 0.458 e. The van der Waals surface area contributed by atoms with Gasteiger partial charge in [-0.15, -0.1) is 0 Å². The van der Waals surface area contributed by atoms with E-state index in [0.29, 0.717) is 12.3 Å². The predicted molar refractivity (Wildman–Crippen MR) is 100 cm³/mol.